The SMILES string of the molecule is O=CC1CNCCN1Cc1cc2scnc2c(-c2cccc(Cl)c2)c1F. The highest BCUT2D eigenvalue weighted by Gasteiger charge is 2.24. The molecule has 26 heavy (non-hydrogen) atoms. The number of aldehydes is 1. The number of thiazole rings is 1. The lowest BCUT2D eigenvalue weighted by Gasteiger charge is -2.33. The van der Waals surface area contributed by atoms with E-state index in [4.69, 9.17) is 11.6 Å². The van der Waals surface area contributed by atoms with Gasteiger partial charge in [0.15, 0.2) is 0 Å². The maximum Gasteiger partial charge on any atom is 0.138 e. The van der Waals surface area contributed by atoms with Gasteiger partial charge in [0.05, 0.1) is 21.8 Å². The number of nitrogens with one attached hydrogen (secondary N) is 1. The molecule has 2 aromatic carbocycles. The standard InChI is InChI=1S/C19H17ClFN3OS/c20-14-3-1-2-12(6-14)17-18(21)13(7-16-19(17)23-11-26-16)9-24-5-4-22-8-15(24)10-25/h1-3,6-7,10-11,15,22H,4-5,8-9H2. The summed E-state index contributed by atoms with van der Waals surface area (Å²) < 4.78 is 16.4. The summed E-state index contributed by atoms with van der Waals surface area (Å²) in [5.74, 6) is -0.297. The molecule has 134 valence electrons. The number of halogens is 2. The molecular formula is C19H17ClFN3OS. The molecule has 0 aliphatic carbocycles. The number of carbonyl (C=O) groups excluding carboxylic acids is 1. The van der Waals surface area contributed by atoms with Gasteiger partial charge in [-0.3, -0.25) is 4.90 Å². The van der Waals surface area contributed by atoms with E-state index in [1.165, 1.54) is 11.3 Å². The first-order chi connectivity index (χ1) is 12.7. The van der Waals surface area contributed by atoms with Gasteiger partial charge in [-0.1, -0.05) is 23.7 Å². The van der Waals surface area contributed by atoms with E-state index in [2.05, 4.69) is 10.3 Å². The Kier molecular flexibility index (Phi) is 5.00. The molecule has 1 fully saturated rings. The second-order valence-electron chi connectivity index (χ2n) is 6.31. The molecule has 7 heteroatoms. The summed E-state index contributed by atoms with van der Waals surface area (Å²) in [4.78, 5) is 17.7. The first kappa shape index (κ1) is 17.5. The lowest BCUT2D eigenvalue weighted by molar-refractivity contribution is -0.113. The molecule has 3 aromatic rings. The average Bonchev–Trinajstić information content (AvgIpc) is 3.10. The number of benzene rings is 2. The van der Waals surface area contributed by atoms with E-state index < -0.39 is 0 Å². The summed E-state index contributed by atoms with van der Waals surface area (Å²) in [6, 6.07) is 8.77. The normalized spacial score (nSPS) is 18.3. The van der Waals surface area contributed by atoms with Crippen molar-refractivity contribution in [2.75, 3.05) is 19.6 Å². The summed E-state index contributed by atoms with van der Waals surface area (Å²) in [5, 5.41) is 3.75. The third kappa shape index (κ3) is 3.25. The van der Waals surface area contributed by atoms with Crippen LogP contribution < -0.4 is 5.32 Å². The summed E-state index contributed by atoms with van der Waals surface area (Å²) in [6.07, 6.45) is 0.924. The molecule has 4 nitrogen and oxygen atoms in total. The Hall–Kier alpha value is -1.86. The van der Waals surface area contributed by atoms with E-state index in [0.29, 0.717) is 46.9 Å². The predicted octanol–water partition coefficient (Wildman–Crippen LogP) is 3.73. The summed E-state index contributed by atoms with van der Waals surface area (Å²) >= 11 is 7.59. The van der Waals surface area contributed by atoms with Gasteiger partial charge in [0.1, 0.15) is 12.1 Å². The second kappa shape index (κ2) is 7.40. The molecular weight excluding hydrogens is 373 g/mol. The minimum absolute atomic E-state index is 0.241. The molecule has 0 bridgehead atoms. The van der Waals surface area contributed by atoms with Crippen LogP contribution in [0.25, 0.3) is 21.3 Å². The van der Waals surface area contributed by atoms with Gasteiger partial charge < -0.3 is 10.1 Å². The van der Waals surface area contributed by atoms with Crippen molar-refractivity contribution in [3.05, 3.63) is 52.2 Å². The Balaban J connectivity index is 1.81. The van der Waals surface area contributed by atoms with Crippen LogP contribution in [0.1, 0.15) is 5.56 Å². The zero-order chi connectivity index (χ0) is 18.1. The molecule has 1 aliphatic heterocycles. The largest absolute Gasteiger partial charge is 0.313 e. The van der Waals surface area contributed by atoms with E-state index >= 15 is 4.39 Å². The summed E-state index contributed by atoms with van der Waals surface area (Å²) in [5.41, 5.74) is 4.12. The minimum atomic E-state index is -0.297. The average molecular weight is 390 g/mol. The minimum Gasteiger partial charge on any atom is -0.313 e. The van der Waals surface area contributed by atoms with Crippen LogP contribution in [0.4, 0.5) is 4.39 Å². The van der Waals surface area contributed by atoms with Gasteiger partial charge in [-0.15, -0.1) is 11.3 Å². The molecule has 1 unspecified atom stereocenters. The van der Waals surface area contributed by atoms with Crippen LogP contribution in [0.3, 0.4) is 0 Å². The number of piperazine rings is 1. The Morgan fingerprint density at radius 1 is 1.42 bits per heavy atom. The van der Waals surface area contributed by atoms with E-state index in [1.54, 1.807) is 23.7 Å². The molecule has 1 aromatic heterocycles. The van der Waals surface area contributed by atoms with Crippen LogP contribution in [-0.4, -0.2) is 41.8 Å². The first-order valence-corrected chi connectivity index (χ1v) is 9.63. The van der Waals surface area contributed by atoms with Gasteiger partial charge in [0.2, 0.25) is 0 Å². The van der Waals surface area contributed by atoms with Crippen molar-refractivity contribution in [1.29, 1.82) is 0 Å². The highest BCUT2D eigenvalue weighted by molar-refractivity contribution is 7.16. The Bertz CT molecular complexity index is 961. The van der Waals surface area contributed by atoms with Crippen LogP contribution in [0.15, 0.2) is 35.8 Å². The smallest absolute Gasteiger partial charge is 0.138 e. The van der Waals surface area contributed by atoms with Gasteiger partial charge in [-0.25, -0.2) is 9.37 Å². The van der Waals surface area contributed by atoms with Gasteiger partial charge in [0, 0.05) is 42.3 Å². The van der Waals surface area contributed by atoms with Gasteiger partial charge in [-0.05, 0) is 23.8 Å². The van der Waals surface area contributed by atoms with Crippen molar-refractivity contribution in [2.45, 2.75) is 12.6 Å². The Morgan fingerprint density at radius 2 is 2.31 bits per heavy atom. The topological polar surface area (TPSA) is 45.2 Å². The van der Waals surface area contributed by atoms with Crippen LogP contribution in [0.5, 0.6) is 0 Å². The van der Waals surface area contributed by atoms with Crippen molar-refractivity contribution in [3.8, 4) is 11.1 Å². The summed E-state index contributed by atoms with van der Waals surface area (Å²) in [6.45, 7) is 2.47. The molecule has 1 atom stereocenters. The van der Waals surface area contributed by atoms with Crippen molar-refractivity contribution in [1.82, 2.24) is 15.2 Å². The molecule has 0 radical (unpaired) electrons. The molecule has 0 spiro atoms. The summed E-state index contributed by atoms with van der Waals surface area (Å²) in [7, 11) is 0. The third-order valence-corrected chi connectivity index (χ3v) is 5.69. The number of nitrogens with zero attached hydrogens (tertiary/aromatic N) is 2. The molecule has 4 rings (SSSR count). The van der Waals surface area contributed by atoms with Crippen molar-refractivity contribution in [2.24, 2.45) is 0 Å². The highest BCUT2D eigenvalue weighted by atomic mass is 35.5. The molecule has 0 amide bonds. The number of hydrogen-bond acceptors (Lipinski definition) is 5. The highest BCUT2D eigenvalue weighted by Crippen LogP contribution is 2.36. The first-order valence-electron chi connectivity index (χ1n) is 8.38. The van der Waals surface area contributed by atoms with E-state index in [1.807, 2.05) is 17.0 Å². The fourth-order valence-electron chi connectivity index (χ4n) is 3.37. The van der Waals surface area contributed by atoms with Crippen molar-refractivity contribution in [3.63, 3.8) is 0 Å². The van der Waals surface area contributed by atoms with Crippen LogP contribution in [0.2, 0.25) is 5.02 Å². The molecule has 1 saturated heterocycles. The zero-order valence-electron chi connectivity index (χ0n) is 13.9. The molecule has 2 heterocycles. The number of aromatic nitrogens is 1. The molecule has 1 N–H and O–H groups in total. The number of fused-ring (bicyclic) bond motifs is 1. The lowest BCUT2D eigenvalue weighted by Crippen LogP contribution is -2.51. The Labute approximate surface area is 159 Å². The number of carbonyl (C=O) groups is 1. The fraction of sp³-hybridized carbons (Fsp3) is 0.263. The number of rotatable bonds is 4. The van der Waals surface area contributed by atoms with Crippen LogP contribution >= 0.6 is 22.9 Å². The van der Waals surface area contributed by atoms with Crippen LogP contribution in [0, 0.1) is 5.82 Å². The van der Waals surface area contributed by atoms with Crippen LogP contribution in [-0.2, 0) is 11.3 Å². The van der Waals surface area contributed by atoms with Gasteiger partial charge in [-0.2, -0.15) is 0 Å². The van der Waals surface area contributed by atoms with E-state index in [9.17, 15) is 4.79 Å². The zero-order valence-corrected chi connectivity index (χ0v) is 15.5. The predicted molar refractivity (Wildman–Crippen MR) is 103 cm³/mol. The van der Waals surface area contributed by atoms with E-state index in [0.717, 1.165) is 17.5 Å². The Morgan fingerprint density at radius 3 is 3.12 bits per heavy atom. The molecule has 1 aliphatic rings. The van der Waals surface area contributed by atoms with Crippen molar-refractivity contribution >= 4 is 39.4 Å². The lowest BCUT2D eigenvalue weighted by atomic mass is 10.00. The third-order valence-electron chi connectivity index (χ3n) is 4.68. The monoisotopic (exact) mass is 389 g/mol. The number of hydrogen-bond donors (Lipinski definition) is 1. The van der Waals surface area contributed by atoms with Gasteiger partial charge >= 0.3 is 0 Å². The quantitative estimate of drug-likeness (QED) is 0.690. The second-order valence-corrected chi connectivity index (χ2v) is 7.63. The van der Waals surface area contributed by atoms with Crippen molar-refractivity contribution < 1.29 is 9.18 Å². The maximum absolute atomic E-state index is 15.5. The fourth-order valence-corrected chi connectivity index (χ4v) is 4.31. The maximum atomic E-state index is 15.5. The molecule has 0 saturated carbocycles. The van der Waals surface area contributed by atoms with Gasteiger partial charge in [0.25, 0.3) is 0 Å². The van der Waals surface area contributed by atoms with E-state index in [-0.39, 0.29) is 11.9 Å².